The Bertz CT molecular complexity index is 363. The number of hydrogen-bond donors (Lipinski definition) is 1. The second kappa shape index (κ2) is 7.06. The predicted octanol–water partition coefficient (Wildman–Crippen LogP) is 3.59. The third kappa shape index (κ3) is 3.58. The summed E-state index contributed by atoms with van der Waals surface area (Å²) in [5, 5.41) is 0. The summed E-state index contributed by atoms with van der Waals surface area (Å²) in [7, 11) is 0. The van der Waals surface area contributed by atoms with Gasteiger partial charge in [0.05, 0.1) is 0 Å². The van der Waals surface area contributed by atoms with Crippen LogP contribution in [0, 0.1) is 5.92 Å². The zero-order valence-electron chi connectivity index (χ0n) is 12.4. The molecule has 19 heavy (non-hydrogen) atoms. The highest BCUT2D eigenvalue weighted by atomic mass is 15.2. The van der Waals surface area contributed by atoms with Gasteiger partial charge in [-0.1, -0.05) is 50.6 Å². The summed E-state index contributed by atoms with van der Waals surface area (Å²) in [5.74, 6) is 0.891. The van der Waals surface area contributed by atoms with Crippen LogP contribution in [0.15, 0.2) is 30.3 Å². The number of rotatable bonds is 6. The van der Waals surface area contributed by atoms with Crippen LogP contribution in [0.5, 0.6) is 0 Å². The first-order chi connectivity index (χ1) is 9.26. The fraction of sp³-hybridized carbons (Fsp3) is 0.647. The Morgan fingerprint density at radius 2 is 2.00 bits per heavy atom. The maximum absolute atomic E-state index is 6.51. The van der Waals surface area contributed by atoms with Gasteiger partial charge in [-0.3, -0.25) is 4.90 Å². The first-order valence-corrected chi connectivity index (χ1v) is 7.80. The van der Waals surface area contributed by atoms with Crippen molar-refractivity contribution in [1.29, 1.82) is 0 Å². The molecule has 2 nitrogen and oxygen atoms in total. The summed E-state index contributed by atoms with van der Waals surface area (Å²) in [4.78, 5) is 2.62. The largest absolute Gasteiger partial charge is 0.323 e. The van der Waals surface area contributed by atoms with E-state index in [9.17, 15) is 0 Å². The summed E-state index contributed by atoms with van der Waals surface area (Å²) >= 11 is 0. The van der Waals surface area contributed by atoms with E-state index >= 15 is 0 Å². The minimum Gasteiger partial charge on any atom is -0.323 e. The summed E-state index contributed by atoms with van der Waals surface area (Å²) in [6.07, 6.45) is 5.16. The van der Waals surface area contributed by atoms with E-state index in [1.165, 1.54) is 37.9 Å². The lowest BCUT2D eigenvalue weighted by Crippen LogP contribution is -2.41. The van der Waals surface area contributed by atoms with Crippen LogP contribution in [0.4, 0.5) is 0 Å². The van der Waals surface area contributed by atoms with Gasteiger partial charge in [-0.25, -0.2) is 0 Å². The van der Waals surface area contributed by atoms with Gasteiger partial charge in [-0.05, 0) is 37.3 Å². The van der Waals surface area contributed by atoms with Gasteiger partial charge in [-0.2, -0.15) is 0 Å². The fourth-order valence-corrected chi connectivity index (χ4v) is 3.44. The van der Waals surface area contributed by atoms with Gasteiger partial charge < -0.3 is 5.73 Å². The van der Waals surface area contributed by atoms with Crippen LogP contribution in [0.2, 0.25) is 0 Å². The van der Waals surface area contributed by atoms with E-state index in [4.69, 9.17) is 5.73 Å². The van der Waals surface area contributed by atoms with Crippen LogP contribution in [-0.2, 0) is 0 Å². The second-order valence-corrected chi connectivity index (χ2v) is 5.85. The van der Waals surface area contributed by atoms with Crippen LogP contribution in [0.1, 0.15) is 51.1 Å². The zero-order valence-corrected chi connectivity index (χ0v) is 12.4. The Labute approximate surface area is 118 Å². The average molecular weight is 260 g/mol. The third-order valence-corrected chi connectivity index (χ3v) is 4.50. The first kappa shape index (κ1) is 14.5. The highest BCUT2D eigenvalue weighted by molar-refractivity contribution is 5.20. The lowest BCUT2D eigenvalue weighted by atomic mass is 9.97. The molecule has 0 amide bonds. The number of benzene rings is 1. The highest BCUT2D eigenvalue weighted by Crippen LogP contribution is 2.28. The molecule has 1 fully saturated rings. The molecule has 1 saturated heterocycles. The Kier molecular flexibility index (Phi) is 5.41. The summed E-state index contributed by atoms with van der Waals surface area (Å²) in [6.45, 7) is 7.02. The third-order valence-electron chi connectivity index (χ3n) is 4.50. The molecule has 2 rings (SSSR count). The van der Waals surface area contributed by atoms with Crippen molar-refractivity contribution < 1.29 is 0 Å². The van der Waals surface area contributed by atoms with Crippen molar-refractivity contribution in [1.82, 2.24) is 4.90 Å². The van der Waals surface area contributed by atoms with Crippen LogP contribution < -0.4 is 5.73 Å². The topological polar surface area (TPSA) is 29.3 Å². The number of nitrogens with two attached hydrogens (primary N) is 1. The lowest BCUT2D eigenvalue weighted by molar-refractivity contribution is 0.196. The number of nitrogens with zero attached hydrogens (tertiary/aromatic N) is 1. The van der Waals surface area contributed by atoms with Crippen molar-refractivity contribution in [3.8, 4) is 0 Å². The molecule has 106 valence electrons. The Morgan fingerprint density at radius 3 is 2.63 bits per heavy atom. The average Bonchev–Trinajstić information content (AvgIpc) is 2.89. The van der Waals surface area contributed by atoms with Gasteiger partial charge in [0.25, 0.3) is 0 Å². The zero-order chi connectivity index (χ0) is 13.7. The molecule has 2 heteroatoms. The molecule has 1 aliphatic heterocycles. The Balaban J connectivity index is 2.00. The summed E-state index contributed by atoms with van der Waals surface area (Å²) in [5.41, 5.74) is 7.78. The maximum Gasteiger partial charge on any atom is 0.0453 e. The molecule has 1 aromatic carbocycles. The van der Waals surface area contributed by atoms with Crippen LogP contribution in [-0.4, -0.2) is 24.0 Å². The van der Waals surface area contributed by atoms with Crippen LogP contribution in [0.3, 0.4) is 0 Å². The van der Waals surface area contributed by atoms with Crippen molar-refractivity contribution in [2.24, 2.45) is 11.7 Å². The molecule has 0 bridgehead atoms. The van der Waals surface area contributed by atoms with Crippen molar-refractivity contribution in [3.63, 3.8) is 0 Å². The predicted molar refractivity (Wildman–Crippen MR) is 82.0 cm³/mol. The minimum atomic E-state index is 0.145. The van der Waals surface area contributed by atoms with Crippen molar-refractivity contribution in [2.45, 2.75) is 51.6 Å². The monoisotopic (exact) mass is 260 g/mol. The molecule has 0 saturated carbocycles. The minimum absolute atomic E-state index is 0.145. The van der Waals surface area contributed by atoms with E-state index in [0.717, 1.165) is 12.3 Å². The van der Waals surface area contributed by atoms with E-state index in [0.29, 0.717) is 6.04 Å². The smallest absolute Gasteiger partial charge is 0.0453 e. The van der Waals surface area contributed by atoms with E-state index in [2.05, 4.69) is 49.1 Å². The van der Waals surface area contributed by atoms with E-state index in [1.807, 2.05) is 0 Å². The lowest BCUT2D eigenvalue weighted by Gasteiger charge is -2.32. The molecule has 1 aliphatic rings. The van der Waals surface area contributed by atoms with Gasteiger partial charge in [0.2, 0.25) is 0 Å². The van der Waals surface area contributed by atoms with Crippen LogP contribution in [0.25, 0.3) is 0 Å². The number of likely N-dealkylation sites (tertiary alicyclic amines) is 1. The highest BCUT2D eigenvalue weighted by Gasteiger charge is 2.30. The quantitative estimate of drug-likeness (QED) is 0.847. The summed E-state index contributed by atoms with van der Waals surface area (Å²) < 4.78 is 0. The van der Waals surface area contributed by atoms with Gasteiger partial charge in [0, 0.05) is 18.6 Å². The normalized spacial score (nSPS) is 23.4. The molecular formula is C17H28N2. The molecule has 3 unspecified atom stereocenters. The molecule has 0 spiro atoms. The van der Waals surface area contributed by atoms with Gasteiger partial charge in [0.1, 0.15) is 0 Å². The second-order valence-electron chi connectivity index (χ2n) is 5.85. The van der Waals surface area contributed by atoms with Gasteiger partial charge >= 0.3 is 0 Å². The molecule has 0 aliphatic carbocycles. The summed E-state index contributed by atoms with van der Waals surface area (Å²) in [6, 6.07) is 11.2. The molecule has 3 atom stereocenters. The molecule has 1 heterocycles. The first-order valence-electron chi connectivity index (χ1n) is 7.80. The molecule has 1 aromatic rings. The standard InChI is InChI=1S/C17H28N2/c1-3-8-14-11-12-19(13-14)16(4-2)17(18)15-9-6-5-7-10-15/h5-7,9-10,14,16-17H,3-4,8,11-13,18H2,1-2H3. The fourth-order valence-electron chi connectivity index (χ4n) is 3.44. The molecule has 0 radical (unpaired) electrons. The van der Waals surface area contributed by atoms with E-state index in [-0.39, 0.29) is 6.04 Å². The van der Waals surface area contributed by atoms with Crippen LogP contribution >= 0.6 is 0 Å². The van der Waals surface area contributed by atoms with Gasteiger partial charge in [0.15, 0.2) is 0 Å². The molecular weight excluding hydrogens is 232 g/mol. The molecule has 2 N–H and O–H groups in total. The Hall–Kier alpha value is -0.860. The Morgan fingerprint density at radius 1 is 1.26 bits per heavy atom. The van der Waals surface area contributed by atoms with Crippen molar-refractivity contribution in [3.05, 3.63) is 35.9 Å². The van der Waals surface area contributed by atoms with E-state index in [1.54, 1.807) is 0 Å². The number of hydrogen-bond acceptors (Lipinski definition) is 2. The van der Waals surface area contributed by atoms with E-state index < -0.39 is 0 Å². The maximum atomic E-state index is 6.51. The van der Waals surface area contributed by atoms with Crippen molar-refractivity contribution in [2.75, 3.05) is 13.1 Å². The molecule has 0 aromatic heterocycles. The SMILES string of the molecule is CCCC1CCN(C(CC)C(N)c2ccccc2)C1. The van der Waals surface area contributed by atoms with Crippen molar-refractivity contribution >= 4 is 0 Å². The van der Waals surface area contributed by atoms with Gasteiger partial charge in [-0.15, -0.1) is 0 Å².